The fraction of sp³-hybridized carbons (Fsp3) is 0.286. The molecule has 2 rings (SSSR count). The molecule has 0 fully saturated rings. The van der Waals surface area contributed by atoms with E-state index in [1.54, 1.807) is 6.07 Å². The highest BCUT2D eigenvalue weighted by Crippen LogP contribution is 2.17. The van der Waals surface area contributed by atoms with Gasteiger partial charge in [0.15, 0.2) is 0 Å². The molecule has 0 radical (unpaired) electrons. The van der Waals surface area contributed by atoms with Gasteiger partial charge in [-0.1, -0.05) is 0 Å². The number of rotatable bonds is 5. The summed E-state index contributed by atoms with van der Waals surface area (Å²) >= 11 is 0. The molecule has 0 unspecified atom stereocenters. The van der Waals surface area contributed by atoms with Crippen molar-refractivity contribution in [3.8, 4) is 0 Å². The number of hydrogen-bond donors (Lipinski definition) is 1. The van der Waals surface area contributed by atoms with Crippen LogP contribution in [0.4, 0.5) is 0 Å². The van der Waals surface area contributed by atoms with E-state index in [4.69, 9.17) is 0 Å². The van der Waals surface area contributed by atoms with Crippen molar-refractivity contribution in [3.05, 3.63) is 36.0 Å². The topological polar surface area (TPSA) is 51.1 Å². The lowest BCUT2D eigenvalue weighted by molar-refractivity contribution is -0.121. The number of carbonyl (C=O) groups is 2. The second kappa shape index (κ2) is 5.49. The Morgan fingerprint density at radius 1 is 1.39 bits per heavy atom. The number of carbonyl (C=O) groups excluding carboxylic acids is 2. The van der Waals surface area contributed by atoms with Crippen molar-refractivity contribution >= 4 is 23.1 Å². The van der Waals surface area contributed by atoms with Gasteiger partial charge in [-0.3, -0.25) is 9.59 Å². The van der Waals surface area contributed by atoms with Crippen molar-refractivity contribution in [1.82, 2.24) is 9.88 Å². The molecular formula is C14H16N2O2. The Hall–Kier alpha value is -2.10. The molecule has 1 aromatic carbocycles. The standard InChI is InChI=1S/C14H16N2O2/c1-2-15-14(18)6-8-16-7-5-12-9-11(10-17)3-4-13(12)16/h3-5,7,9-10H,2,6,8H2,1H3,(H,15,18). The third kappa shape index (κ3) is 2.59. The Kier molecular flexibility index (Phi) is 3.77. The second-order valence-corrected chi connectivity index (χ2v) is 4.15. The quantitative estimate of drug-likeness (QED) is 0.818. The normalized spacial score (nSPS) is 10.5. The molecule has 0 saturated carbocycles. The number of hydrogen-bond acceptors (Lipinski definition) is 2. The number of aromatic nitrogens is 1. The summed E-state index contributed by atoms with van der Waals surface area (Å²) in [6, 6.07) is 7.51. The highest BCUT2D eigenvalue weighted by molar-refractivity contribution is 5.87. The summed E-state index contributed by atoms with van der Waals surface area (Å²) in [6.07, 6.45) is 3.25. The summed E-state index contributed by atoms with van der Waals surface area (Å²) in [5.74, 6) is 0.0591. The minimum atomic E-state index is 0.0591. The minimum Gasteiger partial charge on any atom is -0.356 e. The molecule has 18 heavy (non-hydrogen) atoms. The first-order valence-corrected chi connectivity index (χ1v) is 6.05. The maximum absolute atomic E-state index is 11.4. The van der Waals surface area contributed by atoms with Crippen molar-refractivity contribution in [3.63, 3.8) is 0 Å². The van der Waals surface area contributed by atoms with Crippen LogP contribution in [0.1, 0.15) is 23.7 Å². The van der Waals surface area contributed by atoms with E-state index in [1.165, 1.54) is 0 Å². The van der Waals surface area contributed by atoms with Crippen LogP contribution in [-0.2, 0) is 11.3 Å². The summed E-state index contributed by atoms with van der Waals surface area (Å²) in [5, 5.41) is 3.80. The lowest BCUT2D eigenvalue weighted by Gasteiger charge is -2.05. The van der Waals surface area contributed by atoms with Gasteiger partial charge in [0.1, 0.15) is 6.29 Å². The number of nitrogens with zero attached hydrogens (tertiary/aromatic N) is 1. The predicted molar refractivity (Wildman–Crippen MR) is 70.6 cm³/mol. The van der Waals surface area contributed by atoms with Gasteiger partial charge < -0.3 is 9.88 Å². The van der Waals surface area contributed by atoms with E-state index in [0.717, 1.165) is 17.2 Å². The molecule has 0 aliphatic heterocycles. The average molecular weight is 244 g/mol. The third-order valence-electron chi connectivity index (χ3n) is 2.88. The number of benzene rings is 1. The average Bonchev–Trinajstić information content (AvgIpc) is 2.78. The summed E-state index contributed by atoms with van der Waals surface area (Å²) in [7, 11) is 0. The van der Waals surface area contributed by atoms with Gasteiger partial charge in [-0.2, -0.15) is 0 Å². The van der Waals surface area contributed by atoms with Gasteiger partial charge in [0.05, 0.1) is 0 Å². The van der Waals surface area contributed by atoms with E-state index in [0.29, 0.717) is 25.1 Å². The number of nitrogens with one attached hydrogen (secondary N) is 1. The zero-order valence-electron chi connectivity index (χ0n) is 10.3. The van der Waals surface area contributed by atoms with E-state index in [9.17, 15) is 9.59 Å². The van der Waals surface area contributed by atoms with Crippen LogP contribution in [0, 0.1) is 0 Å². The van der Waals surface area contributed by atoms with Crippen LogP contribution >= 0.6 is 0 Å². The van der Waals surface area contributed by atoms with Gasteiger partial charge >= 0.3 is 0 Å². The lowest BCUT2D eigenvalue weighted by atomic mass is 10.2. The summed E-state index contributed by atoms with van der Waals surface area (Å²) in [5.41, 5.74) is 1.72. The molecule has 0 spiro atoms. The van der Waals surface area contributed by atoms with Crippen LogP contribution in [-0.4, -0.2) is 23.3 Å². The smallest absolute Gasteiger partial charge is 0.221 e. The summed E-state index contributed by atoms with van der Waals surface area (Å²) < 4.78 is 2.03. The van der Waals surface area contributed by atoms with Crippen LogP contribution in [0.15, 0.2) is 30.5 Å². The molecular weight excluding hydrogens is 228 g/mol. The van der Waals surface area contributed by atoms with Gasteiger partial charge in [0.2, 0.25) is 5.91 Å². The zero-order chi connectivity index (χ0) is 13.0. The van der Waals surface area contributed by atoms with Crippen LogP contribution in [0.25, 0.3) is 10.9 Å². The molecule has 0 bridgehead atoms. The molecule has 0 atom stereocenters. The molecule has 1 heterocycles. The van der Waals surface area contributed by atoms with Crippen molar-refractivity contribution in [2.45, 2.75) is 19.9 Å². The largest absolute Gasteiger partial charge is 0.356 e. The van der Waals surface area contributed by atoms with Crippen molar-refractivity contribution in [1.29, 1.82) is 0 Å². The van der Waals surface area contributed by atoms with Crippen LogP contribution in [0.3, 0.4) is 0 Å². The van der Waals surface area contributed by atoms with Gasteiger partial charge in [-0.25, -0.2) is 0 Å². The zero-order valence-corrected chi connectivity index (χ0v) is 10.3. The van der Waals surface area contributed by atoms with Crippen molar-refractivity contribution < 1.29 is 9.59 Å². The highest BCUT2D eigenvalue weighted by Gasteiger charge is 2.04. The highest BCUT2D eigenvalue weighted by atomic mass is 16.1. The van der Waals surface area contributed by atoms with Crippen LogP contribution < -0.4 is 5.32 Å². The number of aryl methyl sites for hydroxylation is 1. The number of fused-ring (bicyclic) bond motifs is 1. The predicted octanol–water partition coefficient (Wildman–Crippen LogP) is 1.98. The van der Waals surface area contributed by atoms with Crippen LogP contribution in [0.2, 0.25) is 0 Å². The minimum absolute atomic E-state index is 0.0591. The Labute approximate surface area is 106 Å². The molecule has 4 heteroatoms. The molecule has 1 N–H and O–H groups in total. The van der Waals surface area contributed by atoms with Crippen molar-refractivity contribution in [2.24, 2.45) is 0 Å². The van der Waals surface area contributed by atoms with E-state index in [1.807, 2.05) is 35.9 Å². The van der Waals surface area contributed by atoms with E-state index in [2.05, 4.69) is 5.32 Å². The third-order valence-corrected chi connectivity index (χ3v) is 2.88. The fourth-order valence-corrected chi connectivity index (χ4v) is 1.99. The molecule has 0 aliphatic carbocycles. The van der Waals surface area contributed by atoms with E-state index >= 15 is 0 Å². The lowest BCUT2D eigenvalue weighted by Crippen LogP contribution is -2.23. The number of amides is 1. The van der Waals surface area contributed by atoms with Gasteiger partial charge in [-0.15, -0.1) is 0 Å². The first kappa shape index (κ1) is 12.4. The SMILES string of the molecule is CCNC(=O)CCn1ccc2cc(C=O)ccc21. The first-order chi connectivity index (χ1) is 8.74. The second-order valence-electron chi connectivity index (χ2n) is 4.15. The Balaban J connectivity index is 2.14. The molecule has 0 saturated heterocycles. The molecule has 4 nitrogen and oxygen atoms in total. The molecule has 1 amide bonds. The summed E-state index contributed by atoms with van der Waals surface area (Å²) in [4.78, 5) is 22.1. The fourth-order valence-electron chi connectivity index (χ4n) is 1.99. The van der Waals surface area contributed by atoms with Gasteiger partial charge in [0, 0.05) is 42.2 Å². The molecule has 0 aliphatic rings. The Morgan fingerprint density at radius 2 is 2.22 bits per heavy atom. The number of aldehydes is 1. The van der Waals surface area contributed by atoms with E-state index in [-0.39, 0.29) is 5.91 Å². The summed E-state index contributed by atoms with van der Waals surface area (Å²) in [6.45, 7) is 3.22. The first-order valence-electron chi connectivity index (χ1n) is 6.05. The van der Waals surface area contributed by atoms with Gasteiger partial charge in [0.25, 0.3) is 0 Å². The Bertz CT molecular complexity index is 572. The maximum Gasteiger partial charge on any atom is 0.221 e. The Morgan fingerprint density at radius 3 is 2.94 bits per heavy atom. The molecule has 94 valence electrons. The van der Waals surface area contributed by atoms with E-state index < -0.39 is 0 Å². The maximum atomic E-state index is 11.4. The monoisotopic (exact) mass is 244 g/mol. The van der Waals surface area contributed by atoms with Gasteiger partial charge in [-0.05, 0) is 31.2 Å². The molecule has 1 aromatic heterocycles. The van der Waals surface area contributed by atoms with Crippen LogP contribution in [0.5, 0.6) is 0 Å². The molecule has 2 aromatic rings. The van der Waals surface area contributed by atoms with Crippen molar-refractivity contribution in [2.75, 3.05) is 6.54 Å².